The Hall–Kier alpha value is -1.24. The molecular weight excluding hydrogens is 292 g/mol. The van der Waals surface area contributed by atoms with E-state index in [2.05, 4.69) is 14.7 Å². The summed E-state index contributed by atoms with van der Waals surface area (Å²) >= 11 is 0. The zero-order valence-electron chi connectivity index (χ0n) is 9.28. The van der Waals surface area contributed by atoms with E-state index in [1.165, 1.54) is 4.89 Å². The zero-order valence-corrected chi connectivity index (χ0v) is 10.9. The number of ether oxygens (including phenoxy) is 1. The van der Waals surface area contributed by atoms with Crippen molar-refractivity contribution in [2.24, 2.45) is 5.14 Å². The maximum Gasteiger partial charge on any atom is 0.326 e. The van der Waals surface area contributed by atoms with Gasteiger partial charge >= 0.3 is 11.9 Å². The molecule has 0 rings (SSSR count). The molecule has 0 aliphatic carbocycles. The van der Waals surface area contributed by atoms with Gasteiger partial charge in [-0.25, -0.2) is 22.0 Å². The number of primary sulfonamides is 1. The van der Waals surface area contributed by atoms with Crippen LogP contribution in [0.25, 0.3) is 0 Å². The summed E-state index contributed by atoms with van der Waals surface area (Å²) in [5.74, 6) is -3.00. The van der Waals surface area contributed by atoms with Gasteiger partial charge in [-0.3, -0.25) is 9.59 Å². The van der Waals surface area contributed by atoms with Crippen molar-refractivity contribution in [3.8, 4) is 0 Å². The third kappa shape index (κ3) is 11.3. The maximum absolute atomic E-state index is 10.9. The van der Waals surface area contributed by atoms with Gasteiger partial charge in [-0.2, -0.15) is 0 Å². The van der Waals surface area contributed by atoms with Crippen LogP contribution in [0.2, 0.25) is 0 Å². The molecule has 0 heterocycles. The van der Waals surface area contributed by atoms with Crippen LogP contribution in [0.4, 0.5) is 0 Å². The lowest BCUT2D eigenvalue weighted by Gasteiger charge is -2.04. The van der Waals surface area contributed by atoms with Crippen LogP contribution in [-0.2, 0) is 39.2 Å². The van der Waals surface area contributed by atoms with Crippen molar-refractivity contribution in [1.82, 2.24) is 4.89 Å². The Balaban J connectivity index is 3.89. The molecule has 0 bridgehead atoms. The Morgan fingerprint density at radius 2 is 1.61 bits per heavy atom. The van der Waals surface area contributed by atoms with Crippen LogP contribution in [0.3, 0.4) is 0 Å². The number of hydrogen-bond donors (Lipinski definition) is 2. The lowest BCUT2D eigenvalue weighted by atomic mass is 10.3. The molecule has 0 radical (unpaired) electrons. The third-order valence-electron chi connectivity index (χ3n) is 1.22. The lowest BCUT2D eigenvalue weighted by molar-refractivity contribution is -0.151. The Morgan fingerprint density at radius 3 is 2.06 bits per heavy atom. The number of carbonyl (C=O) groups excluding carboxylic acids is 2. The molecule has 0 unspecified atom stereocenters. The van der Waals surface area contributed by atoms with Gasteiger partial charge in [-0.1, -0.05) is 0 Å². The number of carbonyl (C=O) groups is 2. The van der Waals surface area contributed by atoms with Crippen LogP contribution >= 0.6 is 0 Å². The summed E-state index contributed by atoms with van der Waals surface area (Å²) in [4.78, 5) is 27.3. The number of nitrogens with two attached hydrogens (primary N) is 1. The van der Waals surface area contributed by atoms with E-state index in [-0.39, 0.29) is 0 Å². The Labute approximate surface area is 103 Å². The molecule has 0 spiro atoms. The Bertz CT molecular complexity index is 460. The molecule has 0 aromatic heterocycles. The van der Waals surface area contributed by atoms with E-state index in [4.69, 9.17) is 0 Å². The van der Waals surface area contributed by atoms with Crippen LogP contribution in [-0.4, -0.2) is 41.0 Å². The molecule has 18 heavy (non-hydrogen) atoms. The summed E-state index contributed by atoms with van der Waals surface area (Å²) in [6.45, 7) is 0. The molecule has 0 aliphatic rings. The van der Waals surface area contributed by atoms with Crippen LogP contribution in [0, 0.1) is 0 Å². The molecule has 0 amide bonds. The van der Waals surface area contributed by atoms with E-state index in [0.717, 1.165) is 6.26 Å². The second-order valence-corrected chi connectivity index (χ2v) is 6.40. The lowest BCUT2D eigenvalue weighted by Crippen LogP contribution is -2.26. The van der Waals surface area contributed by atoms with E-state index in [9.17, 15) is 26.4 Å². The van der Waals surface area contributed by atoms with Crippen molar-refractivity contribution >= 4 is 32.0 Å². The van der Waals surface area contributed by atoms with Gasteiger partial charge in [0.05, 0.1) is 19.1 Å². The predicted molar refractivity (Wildman–Crippen MR) is 57.4 cm³/mol. The van der Waals surface area contributed by atoms with Gasteiger partial charge in [-0.15, -0.1) is 0 Å². The minimum Gasteiger partial charge on any atom is -0.448 e. The first-order chi connectivity index (χ1) is 7.99. The smallest absolute Gasteiger partial charge is 0.326 e. The summed E-state index contributed by atoms with van der Waals surface area (Å²) in [6.07, 6.45) is -0.188. The summed E-state index contributed by atoms with van der Waals surface area (Å²) in [5.41, 5.74) is 0. The molecule has 3 N–H and O–H groups in total. The van der Waals surface area contributed by atoms with E-state index >= 15 is 0 Å². The number of esters is 1. The van der Waals surface area contributed by atoms with E-state index in [1.807, 2.05) is 0 Å². The molecule has 0 atom stereocenters. The third-order valence-corrected chi connectivity index (χ3v) is 2.06. The average Bonchev–Trinajstić information content (AvgIpc) is 2.18. The van der Waals surface area contributed by atoms with E-state index in [1.54, 1.807) is 0 Å². The number of rotatable bonds is 7. The molecule has 0 fully saturated rings. The topological polar surface area (TPSA) is 159 Å². The minimum atomic E-state index is -3.94. The number of sulfonamides is 2. The van der Waals surface area contributed by atoms with Gasteiger partial charge < -0.3 is 9.57 Å². The minimum absolute atomic E-state index is 0.472. The van der Waals surface area contributed by atoms with Crippen molar-refractivity contribution in [3.63, 3.8) is 0 Å². The molecular formula is C6H12N2O8S2. The van der Waals surface area contributed by atoms with Gasteiger partial charge in [0, 0.05) is 0 Å². The van der Waals surface area contributed by atoms with Crippen molar-refractivity contribution in [1.29, 1.82) is 0 Å². The van der Waals surface area contributed by atoms with Crippen molar-refractivity contribution in [2.45, 2.75) is 12.8 Å². The summed E-state index contributed by atoms with van der Waals surface area (Å²) < 4.78 is 46.1. The molecule has 12 heteroatoms. The van der Waals surface area contributed by atoms with Crippen LogP contribution in [0.1, 0.15) is 12.8 Å². The normalized spacial score (nSPS) is 11.9. The summed E-state index contributed by atoms with van der Waals surface area (Å²) in [6, 6.07) is 0. The number of nitrogens with one attached hydrogen (secondary N) is 1. The second kappa shape index (κ2) is 6.63. The molecule has 0 aromatic carbocycles. The van der Waals surface area contributed by atoms with Crippen LogP contribution in [0.5, 0.6) is 0 Å². The quantitative estimate of drug-likeness (QED) is 0.387. The largest absolute Gasteiger partial charge is 0.448 e. The number of hydrogen-bond acceptors (Lipinski definition) is 8. The highest BCUT2D eigenvalue weighted by Gasteiger charge is 2.13. The molecule has 0 saturated carbocycles. The fourth-order valence-electron chi connectivity index (χ4n) is 0.597. The molecule has 0 aromatic rings. The first-order valence-electron chi connectivity index (χ1n) is 4.32. The standard InChI is InChI=1S/C6H12N2O8S2/c1-17(11,12)8-16-6(10)3-2-5(9)15-4-18(7,13)14/h8H,2-4H2,1H3,(H2,7,13,14). The van der Waals surface area contributed by atoms with Gasteiger partial charge in [0.2, 0.25) is 26.0 Å². The predicted octanol–water partition coefficient (Wildman–Crippen LogP) is -2.44. The highest BCUT2D eigenvalue weighted by Crippen LogP contribution is 1.96. The molecule has 0 aliphatic heterocycles. The zero-order chi connectivity index (χ0) is 14.4. The Morgan fingerprint density at radius 1 is 1.11 bits per heavy atom. The summed E-state index contributed by atoms with van der Waals surface area (Å²) in [5, 5.41) is 4.56. The fraction of sp³-hybridized carbons (Fsp3) is 0.667. The van der Waals surface area contributed by atoms with Gasteiger partial charge in [0.1, 0.15) is 0 Å². The maximum atomic E-state index is 10.9. The first-order valence-corrected chi connectivity index (χ1v) is 7.93. The molecule has 0 saturated heterocycles. The first kappa shape index (κ1) is 16.8. The second-order valence-electron chi connectivity index (χ2n) is 3.13. The average molecular weight is 304 g/mol. The van der Waals surface area contributed by atoms with Gasteiger partial charge in [-0.05, 0) is 4.89 Å². The molecule has 106 valence electrons. The fourth-order valence-corrected chi connectivity index (χ4v) is 1.14. The van der Waals surface area contributed by atoms with Crippen molar-refractivity contribution in [2.75, 3.05) is 12.2 Å². The monoisotopic (exact) mass is 304 g/mol. The Kier molecular flexibility index (Phi) is 6.17. The van der Waals surface area contributed by atoms with Crippen LogP contribution < -0.4 is 10.0 Å². The highest BCUT2D eigenvalue weighted by atomic mass is 32.2. The molecule has 10 nitrogen and oxygen atoms in total. The van der Waals surface area contributed by atoms with E-state index in [0.29, 0.717) is 0 Å². The van der Waals surface area contributed by atoms with Gasteiger partial charge in [0.15, 0.2) is 0 Å². The SMILES string of the molecule is CS(=O)(=O)NOC(=O)CCC(=O)OCS(N)(=O)=O. The van der Waals surface area contributed by atoms with Crippen LogP contribution in [0.15, 0.2) is 0 Å². The van der Waals surface area contributed by atoms with Crippen molar-refractivity contribution < 1.29 is 36.0 Å². The highest BCUT2D eigenvalue weighted by molar-refractivity contribution is 7.89. The van der Waals surface area contributed by atoms with E-state index < -0.39 is 50.8 Å². The van der Waals surface area contributed by atoms with Gasteiger partial charge in [0.25, 0.3) is 0 Å². The summed E-state index contributed by atoms with van der Waals surface area (Å²) in [7, 11) is -7.63. The van der Waals surface area contributed by atoms with Crippen molar-refractivity contribution in [3.05, 3.63) is 0 Å².